The number of hydrogen-bond acceptors (Lipinski definition) is 4. The monoisotopic (exact) mass is 451 g/mol. The van der Waals surface area contributed by atoms with E-state index in [-0.39, 0.29) is 18.1 Å². The number of aliphatic carboxylic acids is 2. The average molecular weight is 452 g/mol. The Kier molecular flexibility index (Phi) is 10.9. The molecular formula is C24H31F2NO5. The van der Waals surface area contributed by atoms with Crippen molar-refractivity contribution in [3.05, 3.63) is 70.3 Å². The number of carboxylic acid groups (broad SMARTS) is 2. The van der Waals surface area contributed by atoms with E-state index in [1.807, 2.05) is 6.07 Å². The molecule has 2 aromatic carbocycles. The molecule has 2 N–H and O–H groups in total. The van der Waals surface area contributed by atoms with Gasteiger partial charge in [-0.3, -0.25) is 0 Å². The van der Waals surface area contributed by atoms with Crippen molar-refractivity contribution in [2.75, 3.05) is 20.2 Å². The highest BCUT2D eigenvalue weighted by atomic mass is 19.1. The van der Waals surface area contributed by atoms with Crippen LogP contribution < -0.4 is 0 Å². The fourth-order valence-corrected chi connectivity index (χ4v) is 3.23. The molecule has 0 aliphatic rings. The minimum atomic E-state index is -1.82. The van der Waals surface area contributed by atoms with Gasteiger partial charge in [0.1, 0.15) is 11.6 Å². The van der Waals surface area contributed by atoms with Crippen LogP contribution in [0.4, 0.5) is 8.78 Å². The number of hydrogen-bond donors (Lipinski definition) is 2. The summed E-state index contributed by atoms with van der Waals surface area (Å²) < 4.78 is 33.4. The number of benzene rings is 2. The van der Waals surface area contributed by atoms with Crippen LogP contribution in [0.1, 0.15) is 42.0 Å². The molecule has 1 atom stereocenters. The Bertz CT molecular complexity index is 865. The molecule has 0 aliphatic carbocycles. The molecule has 2 rings (SSSR count). The number of nitrogens with zero attached hydrogens (tertiary/aromatic N) is 1. The molecule has 0 heterocycles. The van der Waals surface area contributed by atoms with Crippen molar-refractivity contribution < 1.29 is 33.3 Å². The third kappa shape index (κ3) is 8.36. The molecule has 8 heteroatoms. The predicted molar refractivity (Wildman–Crippen MR) is 118 cm³/mol. The molecule has 0 amide bonds. The quantitative estimate of drug-likeness (QED) is 0.580. The number of carbonyl (C=O) groups is 2. The molecule has 0 bridgehead atoms. The summed E-state index contributed by atoms with van der Waals surface area (Å²) in [4.78, 5) is 20.5. The molecule has 32 heavy (non-hydrogen) atoms. The molecule has 176 valence electrons. The van der Waals surface area contributed by atoms with Crippen molar-refractivity contribution in [2.45, 2.75) is 46.3 Å². The van der Waals surface area contributed by atoms with E-state index < -0.39 is 23.6 Å². The molecule has 0 fully saturated rings. The van der Waals surface area contributed by atoms with E-state index in [0.717, 1.165) is 6.54 Å². The number of carboxylic acids is 2. The molecule has 6 nitrogen and oxygen atoms in total. The lowest BCUT2D eigenvalue weighted by molar-refractivity contribution is -0.159. The fourth-order valence-electron chi connectivity index (χ4n) is 3.23. The second-order valence-electron chi connectivity index (χ2n) is 7.86. The minimum absolute atomic E-state index is 0.00929. The minimum Gasteiger partial charge on any atom is -0.473 e. The van der Waals surface area contributed by atoms with Crippen LogP contribution >= 0.6 is 0 Å². The third-order valence-electron chi connectivity index (χ3n) is 5.15. The maximum atomic E-state index is 13.8. The normalized spacial score (nSPS) is 11.8. The van der Waals surface area contributed by atoms with Crippen molar-refractivity contribution in [3.63, 3.8) is 0 Å². The summed E-state index contributed by atoms with van der Waals surface area (Å²) in [5, 5.41) is 14.8. The summed E-state index contributed by atoms with van der Waals surface area (Å²) >= 11 is 0. The second-order valence-corrected chi connectivity index (χ2v) is 7.86. The van der Waals surface area contributed by atoms with Gasteiger partial charge in [0, 0.05) is 24.1 Å². The average Bonchev–Trinajstić information content (AvgIpc) is 2.70. The Hall–Kier alpha value is -2.84. The first-order valence-corrected chi connectivity index (χ1v) is 10.2. The first kappa shape index (κ1) is 27.2. The largest absolute Gasteiger partial charge is 0.473 e. The number of likely N-dealkylation sites (N-methyl/N-ethyl adjacent to an activating group) is 1. The van der Waals surface area contributed by atoms with Gasteiger partial charge in [-0.25, -0.2) is 18.4 Å². The third-order valence-corrected chi connectivity index (χ3v) is 5.15. The van der Waals surface area contributed by atoms with Crippen molar-refractivity contribution in [1.29, 1.82) is 0 Å². The Labute approximate surface area is 187 Å². The summed E-state index contributed by atoms with van der Waals surface area (Å²) in [6.45, 7) is 9.67. The summed E-state index contributed by atoms with van der Waals surface area (Å²) in [6.07, 6.45) is 0. The molecule has 0 saturated carbocycles. The maximum absolute atomic E-state index is 13.8. The molecule has 0 spiro atoms. The number of aryl methyl sites for hydroxylation is 2. The molecular weight excluding hydrogens is 420 g/mol. The van der Waals surface area contributed by atoms with Gasteiger partial charge in [0.2, 0.25) is 0 Å². The van der Waals surface area contributed by atoms with E-state index in [0.29, 0.717) is 12.6 Å². The standard InChI is InChI=1S/C22H29F2NO.C2H2O4/c1-15(2)25(5)12-18(22-16(3)8-6-9-17(22)4)13-26-14-19-20(23)10-7-11-21(19)24;3-1(4)2(5)6/h6-11,15,18H,12-14H2,1-5H3;(H,3,4)(H,5,6). The van der Waals surface area contributed by atoms with Gasteiger partial charge < -0.3 is 19.8 Å². The van der Waals surface area contributed by atoms with Crippen LogP contribution in [-0.2, 0) is 20.9 Å². The van der Waals surface area contributed by atoms with Crippen LogP contribution in [0.5, 0.6) is 0 Å². The number of ether oxygens (including phenoxy) is 1. The Morgan fingerprint density at radius 2 is 1.44 bits per heavy atom. The highest BCUT2D eigenvalue weighted by Crippen LogP contribution is 2.26. The SMILES string of the molecule is Cc1cccc(C)c1C(COCc1c(F)cccc1F)CN(C)C(C)C.O=C(O)C(=O)O. The van der Waals surface area contributed by atoms with Gasteiger partial charge in [-0.05, 0) is 63.6 Å². The molecule has 0 aliphatic heterocycles. The Morgan fingerprint density at radius 3 is 1.88 bits per heavy atom. The zero-order chi connectivity index (χ0) is 24.4. The van der Waals surface area contributed by atoms with Crippen LogP contribution in [-0.4, -0.2) is 53.3 Å². The molecule has 0 aromatic heterocycles. The van der Waals surface area contributed by atoms with E-state index in [1.165, 1.54) is 34.9 Å². The molecule has 1 unspecified atom stereocenters. The lowest BCUT2D eigenvalue weighted by atomic mass is 9.90. The van der Waals surface area contributed by atoms with Gasteiger partial charge in [0.15, 0.2) is 0 Å². The highest BCUT2D eigenvalue weighted by Gasteiger charge is 2.20. The molecule has 0 saturated heterocycles. The topological polar surface area (TPSA) is 87.1 Å². The molecule has 2 aromatic rings. The number of halogens is 2. The zero-order valence-corrected chi connectivity index (χ0v) is 19.1. The Morgan fingerprint density at radius 1 is 0.969 bits per heavy atom. The van der Waals surface area contributed by atoms with Gasteiger partial charge in [0.25, 0.3) is 0 Å². The summed E-state index contributed by atoms with van der Waals surface area (Å²) in [5.41, 5.74) is 3.68. The van der Waals surface area contributed by atoms with Crippen LogP contribution in [0.15, 0.2) is 36.4 Å². The van der Waals surface area contributed by atoms with Gasteiger partial charge in [-0.1, -0.05) is 24.3 Å². The zero-order valence-electron chi connectivity index (χ0n) is 19.1. The van der Waals surface area contributed by atoms with Crippen LogP contribution in [0.2, 0.25) is 0 Å². The fraction of sp³-hybridized carbons (Fsp3) is 0.417. The van der Waals surface area contributed by atoms with E-state index in [9.17, 15) is 8.78 Å². The Balaban J connectivity index is 0.000000751. The first-order valence-electron chi connectivity index (χ1n) is 10.2. The van der Waals surface area contributed by atoms with Gasteiger partial charge >= 0.3 is 11.9 Å². The van der Waals surface area contributed by atoms with Crippen LogP contribution in [0.25, 0.3) is 0 Å². The summed E-state index contributed by atoms with van der Waals surface area (Å²) in [6, 6.07) is 10.5. The van der Waals surface area contributed by atoms with E-state index in [1.54, 1.807) is 0 Å². The van der Waals surface area contributed by atoms with Gasteiger partial charge in [-0.2, -0.15) is 0 Å². The van der Waals surface area contributed by atoms with Gasteiger partial charge in [-0.15, -0.1) is 0 Å². The first-order chi connectivity index (χ1) is 15.0. The smallest absolute Gasteiger partial charge is 0.414 e. The molecule has 0 radical (unpaired) electrons. The summed E-state index contributed by atoms with van der Waals surface area (Å²) in [5.74, 6) is -4.63. The highest BCUT2D eigenvalue weighted by molar-refractivity contribution is 6.27. The van der Waals surface area contributed by atoms with E-state index in [2.05, 4.69) is 51.8 Å². The predicted octanol–water partition coefficient (Wildman–Crippen LogP) is 4.38. The lowest BCUT2D eigenvalue weighted by Crippen LogP contribution is -2.33. The van der Waals surface area contributed by atoms with Crippen LogP contribution in [0, 0.1) is 25.5 Å². The van der Waals surface area contributed by atoms with Gasteiger partial charge in [0.05, 0.1) is 13.2 Å². The number of rotatable bonds is 8. The summed E-state index contributed by atoms with van der Waals surface area (Å²) in [7, 11) is 2.09. The second kappa shape index (κ2) is 12.9. The van der Waals surface area contributed by atoms with Crippen molar-refractivity contribution in [3.8, 4) is 0 Å². The lowest BCUT2D eigenvalue weighted by Gasteiger charge is -2.29. The van der Waals surface area contributed by atoms with Crippen molar-refractivity contribution in [2.24, 2.45) is 0 Å². The van der Waals surface area contributed by atoms with Crippen molar-refractivity contribution in [1.82, 2.24) is 4.90 Å². The maximum Gasteiger partial charge on any atom is 0.414 e. The van der Waals surface area contributed by atoms with E-state index in [4.69, 9.17) is 24.5 Å². The van der Waals surface area contributed by atoms with Crippen LogP contribution in [0.3, 0.4) is 0 Å². The van der Waals surface area contributed by atoms with E-state index >= 15 is 0 Å². The van der Waals surface area contributed by atoms with Crippen molar-refractivity contribution >= 4 is 11.9 Å².